The Labute approximate surface area is 118 Å². The van der Waals surface area contributed by atoms with Crippen molar-refractivity contribution in [2.24, 2.45) is 5.73 Å². The predicted octanol–water partition coefficient (Wildman–Crippen LogP) is 2.93. The van der Waals surface area contributed by atoms with E-state index in [0.29, 0.717) is 6.54 Å². The van der Waals surface area contributed by atoms with Crippen molar-refractivity contribution in [3.8, 4) is 0 Å². The molecule has 0 saturated heterocycles. The SMILES string of the molecule is CC1(C)C[C@](C)(N)c2nn(Cc3ccc(F)cc3)cc21. The van der Waals surface area contributed by atoms with Crippen LogP contribution in [0, 0.1) is 5.82 Å². The van der Waals surface area contributed by atoms with Crippen molar-refractivity contribution in [2.75, 3.05) is 0 Å². The zero-order chi connectivity index (χ0) is 14.5. The highest BCUT2D eigenvalue weighted by Crippen LogP contribution is 2.45. The quantitative estimate of drug-likeness (QED) is 0.914. The lowest BCUT2D eigenvalue weighted by Gasteiger charge is -2.23. The molecule has 1 aromatic heterocycles. The van der Waals surface area contributed by atoms with Gasteiger partial charge in [-0.25, -0.2) is 4.39 Å². The summed E-state index contributed by atoms with van der Waals surface area (Å²) >= 11 is 0. The van der Waals surface area contributed by atoms with Crippen LogP contribution in [-0.4, -0.2) is 9.78 Å². The number of benzene rings is 1. The second kappa shape index (κ2) is 4.16. The van der Waals surface area contributed by atoms with E-state index >= 15 is 0 Å². The van der Waals surface area contributed by atoms with E-state index in [2.05, 4.69) is 25.1 Å². The van der Waals surface area contributed by atoms with Crippen LogP contribution in [0.4, 0.5) is 4.39 Å². The van der Waals surface area contributed by atoms with Crippen molar-refractivity contribution in [3.63, 3.8) is 0 Å². The maximum absolute atomic E-state index is 12.9. The zero-order valence-electron chi connectivity index (χ0n) is 12.2. The fourth-order valence-electron chi connectivity index (χ4n) is 3.29. The molecule has 3 nitrogen and oxygen atoms in total. The van der Waals surface area contributed by atoms with Crippen LogP contribution >= 0.6 is 0 Å². The summed E-state index contributed by atoms with van der Waals surface area (Å²) in [6.07, 6.45) is 2.99. The van der Waals surface area contributed by atoms with E-state index < -0.39 is 0 Å². The van der Waals surface area contributed by atoms with Gasteiger partial charge in [-0.2, -0.15) is 5.10 Å². The molecule has 1 aliphatic rings. The number of halogens is 1. The second-order valence-electron chi connectivity index (χ2n) is 6.69. The monoisotopic (exact) mass is 273 g/mol. The molecule has 0 spiro atoms. The Morgan fingerprint density at radius 1 is 1.25 bits per heavy atom. The first-order chi connectivity index (χ1) is 9.28. The molecule has 0 amide bonds. The molecule has 1 heterocycles. The molecule has 3 rings (SSSR count). The van der Waals surface area contributed by atoms with E-state index in [0.717, 1.165) is 17.7 Å². The van der Waals surface area contributed by atoms with E-state index in [1.807, 2.05) is 11.6 Å². The summed E-state index contributed by atoms with van der Waals surface area (Å²) in [6, 6.07) is 6.52. The van der Waals surface area contributed by atoms with Crippen molar-refractivity contribution in [1.82, 2.24) is 9.78 Å². The van der Waals surface area contributed by atoms with Crippen LogP contribution < -0.4 is 5.73 Å². The Hall–Kier alpha value is -1.68. The number of aromatic nitrogens is 2. The van der Waals surface area contributed by atoms with Gasteiger partial charge in [-0.3, -0.25) is 4.68 Å². The lowest BCUT2D eigenvalue weighted by Crippen LogP contribution is -2.33. The summed E-state index contributed by atoms with van der Waals surface area (Å²) in [5.74, 6) is -0.215. The van der Waals surface area contributed by atoms with E-state index in [9.17, 15) is 4.39 Å². The summed E-state index contributed by atoms with van der Waals surface area (Å²) < 4.78 is 14.8. The van der Waals surface area contributed by atoms with Crippen LogP contribution in [0.1, 0.15) is 44.0 Å². The predicted molar refractivity (Wildman–Crippen MR) is 76.9 cm³/mol. The Kier molecular flexibility index (Phi) is 2.77. The molecule has 0 radical (unpaired) electrons. The molecule has 1 aromatic carbocycles. The van der Waals surface area contributed by atoms with Gasteiger partial charge in [0.2, 0.25) is 0 Å². The van der Waals surface area contributed by atoms with Crippen LogP contribution in [0.15, 0.2) is 30.5 Å². The molecule has 106 valence electrons. The molecule has 20 heavy (non-hydrogen) atoms. The molecule has 1 aliphatic carbocycles. The van der Waals surface area contributed by atoms with Gasteiger partial charge in [-0.15, -0.1) is 0 Å². The molecule has 2 N–H and O–H groups in total. The van der Waals surface area contributed by atoms with Gasteiger partial charge in [0.25, 0.3) is 0 Å². The lowest BCUT2D eigenvalue weighted by atomic mass is 9.85. The summed E-state index contributed by atoms with van der Waals surface area (Å²) in [5.41, 5.74) is 9.30. The second-order valence-corrected chi connectivity index (χ2v) is 6.69. The third kappa shape index (κ3) is 2.14. The van der Waals surface area contributed by atoms with Gasteiger partial charge in [0.15, 0.2) is 0 Å². The molecule has 0 aliphatic heterocycles. The summed E-state index contributed by atoms with van der Waals surface area (Å²) in [4.78, 5) is 0. The van der Waals surface area contributed by atoms with Crippen molar-refractivity contribution >= 4 is 0 Å². The normalized spacial score (nSPS) is 23.9. The fourth-order valence-corrected chi connectivity index (χ4v) is 3.29. The van der Waals surface area contributed by atoms with Crippen LogP contribution in [0.2, 0.25) is 0 Å². The van der Waals surface area contributed by atoms with Crippen LogP contribution in [0.3, 0.4) is 0 Å². The van der Waals surface area contributed by atoms with E-state index in [1.165, 1.54) is 17.7 Å². The zero-order valence-corrected chi connectivity index (χ0v) is 12.2. The Balaban J connectivity index is 1.93. The highest BCUT2D eigenvalue weighted by atomic mass is 19.1. The van der Waals surface area contributed by atoms with Gasteiger partial charge < -0.3 is 5.73 Å². The minimum Gasteiger partial charge on any atom is -0.320 e. The number of nitrogens with two attached hydrogens (primary N) is 1. The van der Waals surface area contributed by atoms with E-state index in [4.69, 9.17) is 5.73 Å². The first kappa shape index (κ1) is 13.3. The maximum Gasteiger partial charge on any atom is 0.123 e. The molecule has 4 heteroatoms. The summed E-state index contributed by atoms with van der Waals surface area (Å²) in [6.45, 7) is 7.08. The van der Waals surface area contributed by atoms with Gasteiger partial charge in [0.05, 0.1) is 17.8 Å². The minimum atomic E-state index is -0.368. The number of rotatable bonds is 2. The average Bonchev–Trinajstić information content (AvgIpc) is 2.82. The molecule has 2 aromatic rings. The Bertz CT molecular complexity index is 607. The van der Waals surface area contributed by atoms with Crippen molar-refractivity contribution in [1.29, 1.82) is 0 Å². The summed E-state index contributed by atoms with van der Waals surface area (Å²) in [5, 5.41) is 4.65. The minimum absolute atomic E-state index is 0.0554. The molecular formula is C16H20FN3. The molecular weight excluding hydrogens is 253 g/mol. The number of hydrogen-bond acceptors (Lipinski definition) is 2. The highest BCUT2D eigenvalue weighted by Gasteiger charge is 2.45. The van der Waals surface area contributed by atoms with Gasteiger partial charge in [0, 0.05) is 11.8 Å². The van der Waals surface area contributed by atoms with Gasteiger partial charge >= 0.3 is 0 Å². The molecule has 0 unspecified atom stereocenters. The topological polar surface area (TPSA) is 43.8 Å². The number of fused-ring (bicyclic) bond motifs is 1. The van der Waals surface area contributed by atoms with E-state index in [1.54, 1.807) is 12.1 Å². The Morgan fingerprint density at radius 3 is 2.50 bits per heavy atom. The van der Waals surface area contributed by atoms with E-state index in [-0.39, 0.29) is 16.8 Å². The first-order valence-corrected chi connectivity index (χ1v) is 6.90. The third-order valence-electron chi connectivity index (χ3n) is 4.10. The standard InChI is InChI=1S/C16H20FN3/c1-15(2)10-16(3,18)14-13(15)9-20(19-14)8-11-4-6-12(17)7-5-11/h4-7,9H,8,10,18H2,1-3H3/t16-/m0/s1. The molecule has 1 atom stereocenters. The third-order valence-corrected chi connectivity index (χ3v) is 4.10. The van der Waals surface area contributed by atoms with Crippen LogP contribution in [0.5, 0.6) is 0 Å². The largest absolute Gasteiger partial charge is 0.320 e. The van der Waals surface area contributed by atoms with Gasteiger partial charge in [0.1, 0.15) is 5.82 Å². The van der Waals surface area contributed by atoms with Crippen molar-refractivity contribution in [3.05, 3.63) is 53.1 Å². The van der Waals surface area contributed by atoms with Crippen molar-refractivity contribution < 1.29 is 4.39 Å². The van der Waals surface area contributed by atoms with Crippen molar-refractivity contribution in [2.45, 2.75) is 44.7 Å². The number of nitrogens with zero attached hydrogens (tertiary/aromatic N) is 2. The smallest absolute Gasteiger partial charge is 0.123 e. The van der Waals surface area contributed by atoms with Crippen LogP contribution in [-0.2, 0) is 17.5 Å². The molecule has 0 saturated carbocycles. The Morgan fingerprint density at radius 2 is 1.90 bits per heavy atom. The molecule has 0 fully saturated rings. The fraction of sp³-hybridized carbons (Fsp3) is 0.438. The molecule has 0 bridgehead atoms. The lowest BCUT2D eigenvalue weighted by molar-refractivity contribution is 0.373. The summed E-state index contributed by atoms with van der Waals surface area (Å²) in [7, 11) is 0. The van der Waals surface area contributed by atoms with Gasteiger partial charge in [-0.05, 0) is 36.5 Å². The highest BCUT2D eigenvalue weighted by molar-refractivity contribution is 5.38. The first-order valence-electron chi connectivity index (χ1n) is 6.90. The van der Waals surface area contributed by atoms with Crippen LogP contribution in [0.25, 0.3) is 0 Å². The number of hydrogen-bond donors (Lipinski definition) is 1. The average molecular weight is 273 g/mol. The maximum atomic E-state index is 12.9. The van der Waals surface area contributed by atoms with Gasteiger partial charge in [-0.1, -0.05) is 26.0 Å².